The van der Waals surface area contributed by atoms with Crippen molar-refractivity contribution in [2.24, 2.45) is 0 Å². The summed E-state index contributed by atoms with van der Waals surface area (Å²) in [5.41, 5.74) is -0.172. The molecule has 112 valence electrons. The van der Waals surface area contributed by atoms with Crippen LogP contribution in [0.25, 0.3) is 0 Å². The Hall–Kier alpha value is -0.650. The van der Waals surface area contributed by atoms with Crippen LogP contribution in [0.2, 0.25) is 0 Å². The zero-order valence-electron chi connectivity index (χ0n) is 13.0. The van der Waals surface area contributed by atoms with Crippen LogP contribution in [-0.2, 0) is 9.53 Å². The Morgan fingerprint density at radius 2 is 2.11 bits per heavy atom. The lowest BCUT2D eigenvalue weighted by atomic mass is 10.1. The lowest BCUT2D eigenvalue weighted by Gasteiger charge is -2.35. The molecule has 0 aromatic carbocycles. The maximum Gasteiger partial charge on any atom is 0.234 e. The minimum absolute atomic E-state index is 0.0315. The van der Waals surface area contributed by atoms with E-state index in [0.717, 1.165) is 26.2 Å². The first-order chi connectivity index (χ1) is 8.78. The van der Waals surface area contributed by atoms with Gasteiger partial charge in [0.05, 0.1) is 19.3 Å². The third kappa shape index (κ3) is 6.89. The molecule has 1 aliphatic rings. The molecule has 5 heteroatoms. The van der Waals surface area contributed by atoms with Gasteiger partial charge in [-0.3, -0.25) is 9.69 Å². The van der Waals surface area contributed by atoms with Gasteiger partial charge in [-0.15, -0.1) is 0 Å². The summed E-state index contributed by atoms with van der Waals surface area (Å²) in [5, 5.41) is 6.10. The average Bonchev–Trinajstić information content (AvgIpc) is 2.27. The summed E-state index contributed by atoms with van der Waals surface area (Å²) in [6, 6.07) is 0.551. The molecule has 1 amide bonds. The molecule has 1 unspecified atom stereocenters. The van der Waals surface area contributed by atoms with Gasteiger partial charge < -0.3 is 15.4 Å². The molecule has 5 nitrogen and oxygen atoms in total. The Morgan fingerprint density at radius 1 is 1.42 bits per heavy atom. The van der Waals surface area contributed by atoms with Gasteiger partial charge in [-0.05, 0) is 34.6 Å². The lowest BCUT2D eigenvalue weighted by molar-refractivity contribution is -0.121. The minimum atomic E-state index is -0.172. The monoisotopic (exact) mass is 271 g/mol. The van der Waals surface area contributed by atoms with Crippen LogP contribution in [0.3, 0.4) is 0 Å². The summed E-state index contributed by atoms with van der Waals surface area (Å²) in [7, 11) is 0. The second-order valence-corrected chi connectivity index (χ2v) is 6.51. The Labute approximate surface area is 117 Å². The van der Waals surface area contributed by atoms with Gasteiger partial charge >= 0.3 is 0 Å². The van der Waals surface area contributed by atoms with Gasteiger partial charge in [0.2, 0.25) is 5.91 Å². The third-order valence-corrected chi connectivity index (χ3v) is 3.07. The van der Waals surface area contributed by atoms with E-state index in [1.165, 1.54) is 0 Å². The second-order valence-electron chi connectivity index (χ2n) is 6.51. The average molecular weight is 271 g/mol. The zero-order valence-corrected chi connectivity index (χ0v) is 13.0. The van der Waals surface area contributed by atoms with Crippen molar-refractivity contribution in [1.82, 2.24) is 15.5 Å². The van der Waals surface area contributed by atoms with E-state index >= 15 is 0 Å². The Kier molecular flexibility index (Phi) is 6.23. The molecule has 1 rings (SSSR count). The number of ether oxygens (including phenoxy) is 1. The van der Waals surface area contributed by atoms with Crippen LogP contribution in [0, 0.1) is 0 Å². The zero-order chi connectivity index (χ0) is 14.5. The molecular formula is C14H29N3O2. The molecule has 0 aromatic heterocycles. The lowest BCUT2D eigenvalue weighted by Crippen LogP contribution is -2.50. The van der Waals surface area contributed by atoms with Gasteiger partial charge in [-0.2, -0.15) is 0 Å². The smallest absolute Gasteiger partial charge is 0.234 e. The molecule has 0 radical (unpaired) electrons. The molecule has 0 aromatic rings. The predicted molar refractivity (Wildman–Crippen MR) is 77.2 cm³/mol. The van der Waals surface area contributed by atoms with E-state index in [4.69, 9.17) is 4.74 Å². The number of hydrogen-bond acceptors (Lipinski definition) is 4. The highest BCUT2D eigenvalue weighted by Crippen LogP contribution is 2.07. The molecule has 0 aliphatic carbocycles. The third-order valence-electron chi connectivity index (χ3n) is 3.07. The Morgan fingerprint density at radius 3 is 2.68 bits per heavy atom. The fourth-order valence-electron chi connectivity index (χ4n) is 2.14. The summed E-state index contributed by atoms with van der Waals surface area (Å²) in [6.45, 7) is 14.1. The fourth-order valence-corrected chi connectivity index (χ4v) is 2.14. The molecule has 0 spiro atoms. The van der Waals surface area contributed by atoms with E-state index in [1.807, 2.05) is 20.8 Å². The van der Waals surface area contributed by atoms with Crippen LogP contribution in [0.1, 0.15) is 34.6 Å². The van der Waals surface area contributed by atoms with Crippen molar-refractivity contribution < 1.29 is 9.53 Å². The number of carbonyl (C=O) groups is 1. The van der Waals surface area contributed by atoms with E-state index < -0.39 is 0 Å². The summed E-state index contributed by atoms with van der Waals surface area (Å²) in [4.78, 5) is 14.1. The Balaban J connectivity index is 2.20. The van der Waals surface area contributed by atoms with Crippen molar-refractivity contribution >= 4 is 5.91 Å². The van der Waals surface area contributed by atoms with Crippen LogP contribution in [0.5, 0.6) is 0 Å². The van der Waals surface area contributed by atoms with E-state index in [9.17, 15) is 4.79 Å². The van der Waals surface area contributed by atoms with E-state index in [-0.39, 0.29) is 17.6 Å². The van der Waals surface area contributed by atoms with Gasteiger partial charge in [-0.25, -0.2) is 0 Å². The first kappa shape index (κ1) is 16.4. The van der Waals surface area contributed by atoms with Crippen molar-refractivity contribution in [3.63, 3.8) is 0 Å². The van der Waals surface area contributed by atoms with E-state index in [2.05, 4.69) is 29.4 Å². The maximum atomic E-state index is 11.6. The van der Waals surface area contributed by atoms with Crippen LogP contribution in [0.4, 0.5) is 0 Å². The second kappa shape index (κ2) is 7.22. The molecule has 2 N–H and O–H groups in total. The van der Waals surface area contributed by atoms with E-state index in [1.54, 1.807) is 0 Å². The van der Waals surface area contributed by atoms with Crippen molar-refractivity contribution in [2.45, 2.75) is 52.3 Å². The number of nitrogens with one attached hydrogen (secondary N) is 2. The first-order valence-electron chi connectivity index (χ1n) is 7.15. The highest BCUT2D eigenvalue weighted by molar-refractivity contribution is 5.78. The number of hydrogen-bond donors (Lipinski definition) is 2. The summed E-state index contributed by atoms with van der Waals surface area (Å²) in [6.07, 6.45) is 0.179. The number of nitrogens with zero attached hydrogens (tertiary/aromatic N) is 1. The standard InChI is InChI=1S/C14H29N3O2/c1-11(2)17-6-7-19-12(10-17)8-15-9-13(18)16-14(3,4)5/h11-12,15H,6-10H2,1-5H3,(H,16,18). The minimum Gasteiger partial charge on any atom is -0.374 e. The van der Waals surface area contributed by atoms with Gasteiger partial charge in [0, 0.05) is 31.2 Å². The SMILES string of the molecule is CC(C)N1CCOC(CNCC(=O)NC(C)(C)C)C1. The summed E-state index contributed by atoms with van der Waals surface area (Å²) in [5.74, 6) is 0.0315. The first-order valence-corrected chi connectivity index (χ1v) is 7.15. The van der Waals surface area contributed by atoms with Gasteiger partial charge in [0.15, 0.2) is 0 Å². The van der Waals surface area contributed by atoms with E-state index in [0.29, 0.717) is 12.6 Å². The topological polar surface area (TPSA) is 53.6 Å². The highest BCUT2D eigenvalue weighted by Gasteiger charge is 2.22. The molecule has 1 saturated heterocycles. The van der Waals surface area contributed by atoms with Crippen LogP contribution in [0.15, 0.2) is 0 Å². The quantitative estimate of drug-likeness (QED) is 0.769. The number of amides is 1. The largest absolute Gasteiger partial charge is 0.374 e. The molecule has 19 heavy (non-hydrogen) atoms. The molecular weight excluding hydrogens is 242 g/mol. The predicted octanol–water partition coefficient (Wildman–Crippen LogP) is 0.600. The maximum absolute atomic E-state index is 11.6. The van der Waals surface area contributed by atoms with Crippen LogP contribution >= 0.6 is 0 Å². The highest BCUT2D eigenvalue weighted by atomic mass is 16.5. The van der Waals surface area contributed by atoms with Crippen molar-refractivity contribution in [3.8, 4) is 0 Å². The summed E-state index contributed by atoms with van der Waals surface area (Å²) < 4.78 is 5.71. The Bertz CT molecular complexity index is 287. The molecule has 0 bridgehead atoms. The molecule has 1 heterocycles. The van der Waals surface area contributed by atoms with Crippen molar-refractivity contribution in [1.29, 1.82) is 0 Å². The number of carbonyl (C=O) groups excluding carboxylic acids is 1. The van der Waals surface area contributed by atoms with Crippen LogP contribution < -0.4 is 10.6 Å². The number of rotatable bonds is 5. The molecule has 1 fully saturated rings. The van der Waals surface area contributed by atoms with Gasteiger partial charge in [-0.1, -0.05) is 0 Å². The molecule has 1 atom stereocenters. The van der Waals surface area contributed by atoms with Gasteiger partial charge in [0.25, 0.3) is 0 Å². The molecule has 1 aliphatic heterocycles. The summed E-state index contributed by atoms with van der Waals surface area (Å²) >= 11 is 0. The number of morpholine rings is 1. The van der Waals surface area contributed by atoms with Crippen molar-refractivity contribution in [3.05, 3.63) is 0 Å². The van der Waals surface area contributed by atoms with Crippen LogP contribution in [-0.4, -0.2) is 61.3 Å². The van der Waals surface area contributed by atoms with Crippen molar-refractivity contribution in [2.75, 3.05) is 32.8 Å². The fraction of sp³-hybridized carbons (Fsp3) is 0.929. The normalized spacial score (nSPS) is 21.7. The van der Waals surface area contributed by atoms with Gasteiger partial charge in [0.1, 0.15) is 0 Å². The molecule has 0 saturated carbocycles.